The van der Waals surface area contributed by atoms with Crippen LogP contribution in [0.5, 0.6) is 0 Å². The van der Waals surface area contributed by atoms with Crippen molar-refractivity contribution in [2.75, 3.05) is 54.9 Å². The maximum atomic E-state index is 13.9. The van der Waals surface area contributed by atoms with Crippen molar-refractivity contribution in [1.29, 1.82) is 0 Å². The first-order valence-electron chi connectivity index (χ1n) is 20.1. The molecular weight excluding hydrogens is 916 g/mol. The fraction of sp³-hybridized carbons (Fsp3) is 1.00. The molecule has 0 aromatic heterocycles. The molecule has 1 N–H and O–H groups in total. The topological polar surface area (TPSA) is 211 Å². The summed E-state index contributed by atoms with van der Waals surface area (Å²) in [5.41, 5.74) is 0. The van der Waals surface area contributed by atoms with Gasteiger partial charge in [-0.25, -0.2) is 9.13 Å². The Morgan fingerprint density at radius 1 is 0.467 bits per heavy atom. The van der Waals surface area contributed by atoms with Crippen LogP contribution in [0.1, 0.15) is 73.6 Å². The molecule has 26 heteroatoms. The van der Waals surface area contributed by atoms with Crippen molar-refractivity contribution in [3.05, 3.63) is 0 Å². The van der Waals surface area contributed by atoms with E-state index in [0.717, 1.165) is 0 Å². The molecule has 0 spiro atoms. The first-order chi connectivity index (χ1) is 28.2. The fourth-order valence-electron chi connectivity index (χ4n) is 7.61. The molecule has 19 atom stereocenters. The highest BCUT2D eigenvalue weighted by molar-refractivity contribution is 8.07. The number of phosphoric acid groups is 2. The third-order valence-corrected chi connectivity index (χ3v) is 18.5. The highest BCUT2D eigenvalue weighted by atomic mass is 32.5. The number of hydrogen-bond acceptors (Lipinski definition) is 22. The van der Waals surface area contributed by atoms with Gasteiger partial charge in [0.2, 0.25) is 0 Å². The number of rotatable bonds is 24. The molecule has 5 saturated heterocycles. The molecule has 20 nitrogen and oxygen atoms in total. The third kappa shape index (κ3) is 14.5. The zero-order chi connectivity index (χ0) is 44.0. The monoisotopic (exact) mass is 980 g/mol. The van der Waals surface area contributed by atoms with Gasteiger partial charge in [-0.2, -0.15) is 0 Å². The van der Waals surface area contributed by atoms with Crippen molar-refractivity contribution in [2.45, 2.75) is 165 Å². The second-order valence-electron chi connectivity index (χ2n) is 15.6. The van der Waals surface area contributed by atoms with Gasteiger partial charge in [0.1, 0.15) is 30.5 Å². The SMILES string of the molecule is COP(=O)(OCC1OC(C)CC1OP(=O)(OC)OCC1OC(C)CC1OP(=S)(OC)OCC1OC(C)CC1OP(=S)(OC)OCC1OC(C)CC1O)OC1CC(C)OC1C. The van der Waals surface area contributed by atoms with Gasteiger partial charge < -0.3 is 55.9 Å². The van der Waals surface area contributed by atoms with Gasteiger partial charge in [0.25, 0.3) is 0 Å². The molecule has 0 aromatic carbocycles. The first-order valence-corrected chi connectivity index (χ1v) is 28.1. The molecule has 0 aromatic rings. The van der Waals surface area contributed by atoms with Gasteiger partial charge >= 0.3 is 29.1 Å². The van der Waals surface area contributed by atoms with Crippen LogP contribution < -0.4 is 0 Å². The number of phosphoric ester groups is 2. The van der Waals surface area contributed by atoms with E-state index in [1.165, 1.54) is 28.4 Å². The third-order valence-electron chi connectivity index (χ3n) is 10.6. The Hall–Kier alpha value is 1.04. The minimum Gasteiger partial charge on any atom is -0.390 e. The van der Waals surface area contributed by atoms with Crippen molar-refractivity contribution in [2.24, 2.45) is 0 Å². The van der Waals surface area contributed by atoms with Gasteiger partial charge in [0, 0.05) is 60.5 Å². The number of aliphatic hydroxyl groups excluding tert-OH is 1. The summed E-state index contributed by atoms with van der Waals surface area (Å²) in [6.07, 6.45) is -5.10. The second kappa shape index (κ2) is 22.7. The van der Waals surface area contributed by atoms with E-state index in [2.05, 4.69) is 0 Å². The lowest BCUT2D eigenvalue weighted by Crippen LogP contribution is -2.32. The van der Waals surface area contributed by atoms with Crippen molar-refractivity contribution in [3.8, 4) is 0 Å². The van der Waals surface area contributed by atoms with Crippen LogP contribution in [-0.2, 0) is 111 Å². The van der Waals surface area contributed by atoms with Gasteiger partial charge in [0.05, 0.1) is 87.5 Å². The van der Waals surface area contributed by atoms with E-state index < -0.39 is 84.0 Å². The van der Waals surface area contributed by atoms with Crippen molar-refractivity contribution in [1.82, 2.24) is 0 Å². The van der Waals surface area contributed by atoms with Crippen molar-refractivity contribution in [3.63, 3.8) is 0 Å². The van der Waals surface area contributed by atoms with E-state index >= 15 is 0 Å². The van der Waals surface area contributed by atoms with Crippen LogP contribution in [0, 0.1) is 0 Å². The normalized spacial score (nSPS) is 41.3. The maximum Gasteiger partial charge on any atom is 0.474 e. The largest absolute Gasteiger partial charge is 0.474 e. The second-order valence-corrected chi connectivity index (χ2v) is 25.2. The average Bonchev–Trinajstić information content (AvgIpc) is 3.99. The molecule has 0 radical (unpaired) electrons. The molecule has 0 aliphatic carbocycles. The Labute approximate surface area is 363 Å². The molecule has 5 aliphatic heterocycles. The molecule has 60 heavy (non-hydrogen) atoms. The Kier molecular flexibility index (Phi) is 19.7. The lowest BCUT2D eigenvalue weighted by Gasteiger charge is -2.30. The predicted molar refractivity (Wildman–Crippen MR) is 222 cm³/mol. The fourth-order valence-corrected chi connectivity index (χ4v) is 13.2. The first kappa shape index (κ1) is 52.0. The van der Waals surface area contributed by atoms with Crippen LogP contribution in [0.25, 0.3) is 0 Å². The van der Waals surface area contributed by atoms with Gasteiger partial charge in [0.15, 0.2) is 0 Å². The Balaban J connectivity index is 1.14. The Morgan fingerprint density at radius 3 is 1.17 bits per heavy atom. The zero-order valence-corrected chi connectivity index (χ0v) is 41.0. The average molecular weight is 981 g/mol. The van der Waals surface area contributed by atoms with E-state index in [4.69, 9.17) is 102 Å². The summed E-state index contributed by atoms with van der Waals surface area (Å²) in [5.74, 6) is 0. The smallest absolute Gasteiger partial charge is 0.390 e. The van der Waals surface area contributed by atoms with Crippen LogP contribution >= 0.6 is 29.1 Å². The molecule has 0 saturated carbocycles. The number of aliphatic hydroxyl groups is 1. The summed E-state index contributed by atoms with van der Waals surface area (Å²) in [7, 11) is -3.02. The van der Waals surface area contributed by atoms with Crippen LogP contribution in [-0.4, -0.2) is 152 Å². The Bertz CT molecular complexity index is 1570. The van der Waals surface area contributed by atoms with E-state index in [9.17, 15) is 14.2 Å². The van der Waals surface area contributed by atoms with Crippen LogP contribution in [0.2, 0.25) is 0 Å². The van der Waals surface area contributed by atoms with E-state index in [1.807, 2.05) is 41.5 Å². The summed E-state index contributed by atoms with van der Waals surface area (Å²) in [4.78, 5) is 0. The minimum absolute atomic E-state index is 0.00654. The molecule has 19 unspecified atom stereocenters. The van der Waals surface area contributed by atoms with E-state index in [0.29, 0.717) is 32.1 Å². The zero-order valence-electron chi connectivity index (χ0n) is 35.8. The Morgan fingerprint density at radius 2 is 0.800 bits per heavy atom. The molecule has 0 amide bonds. The lowest BCUT2D eigenvalue weighted by atomic mass is 10.1. The number of ether oxygens (including phenoxy) is 5. The highest BCUT2D eigenvalue weighted by Crippen LogP contribution is 2.57. The van der Waals surface area contributed by atoms with Crippen molar-refractivity contribution >= 4 is 52.7 Å². The summed E-state index contributed by atoms with van der Waals surface area (Å²) in [5, 5.41) is 10.3. The molecule has 0 bridgehead atoms. The van der Waals surface area contributed by atoms with Crippen LogP contribution in [0.4, 0.5) is 0 Å². The molecule has 5 rings (SSSR count). The standard InChI is InChI=1S/C34H64O20P4S2/c1-20-11-26(35)31(47-20)16-44-57(59,40-9)54-30-15-24(5)50-34(30)19-45-58(60,41-10)53-29-14-23(4)49-33(29)18-43-56(37,39-8)52-28-13-22(3)48-32(28)17-42-55(36,38-7)51-27-12-21(2)46-25(27)6/h20-35H,11-19H2,1-10H3. The summed E-state index contributed by atoms with van der Waals surface area (Å²) < 4.78 is 126. The van der Waals surface area contributed by atoms with Crippen LogP contribution in [0.3, 0.4) is 0 Å². The quantitative estimate of drug-likeness (QED) is 0.108. The van der Waals surface area contributed by atoms with E-state index in [-0.39, 0.29) is 63.1 Å². The molecule has 352 valence electrons. The van der Waals surface area contributed by atoms with Gasteiger partial charge in [-0.05, 0) is 65.2 Å². The van der Waals surface area contributed by atoms with Gasteiger partial charge in [-0.15, -0.1) is 0 Å². The molecular formula is C34H64O20P4S2. The lowest BCUT2D eigenvalue weighted by molar-refractivity contribution is -0.0421. The highest BCUT2D eigenvalue weighted by Gasteiger charge is 2.47. The van der Waals surface area contributed by atoms with Crippen LogP contribution in [0.15, 0.2) is 0 Å². The summed E-state index contributed by atoms with van der Waals surface area (Å²) in [6, 6.07) is 0. The summed E-state index contributed by atoms with van der Waals surface area (Å²) >= 11 is 11.4. The molecule has 5 heterocycles. The summed E-state index contributed by atoms with van der Waals surface area (Å²) in [6.45, 7) is 3.87. The minimum atomic E-state index is -4.23. The molecule has 5 fully saturated rings. The molecule has 5 aliphatic rings. The predicted octanol–water partition coefficient (Wildman–Crippen LogP) is 6.11. The van der Waals surface area contributed by atoms with E-state index in [1.54, 1.807) is 0 Å². The maximum absolute atomic E-state index is 13.9. The van der Waals surface area contributed by atoms with Gasteiger partial charge in [-0.1, -0.05) is 0 Å². The number of hydrogen-bond donors (Lipinski definition) is 1. The van der Waals surface area contributed by atoms with Crippen molar-refractivity contribution < 1.29 is 92.2 Å². The van der Waals surface area contributed by atoms with Gasteiger partial charge in [-0.3, -0.25) is 27.1 Å².